The van der Waals surface area contributed by atoms with Gasteiger partial charge in [-0.15, -0.1) is 0 Å². The van der Waals surface area contributed by atoms with Crippen molar-refractivity contribution in [1.29, 1.82) is 0 Å². The lowest BCUT2D eigenvalue weighted by Gasteiger charge is -2.13. The van der Waals surface area contributed by atoms with Crippen molar-refractivity contribution < 1.29 is 32.0 Å². The van der Waals surface area contributed by atoms with Gasteiger partial charge >= 0.3 is 0 Å². The SMILES string of the molecule is COc1ccc(-c2cc(C3(C(=O)Nc4ccc(S(=O)(=O)NC(C)=O)cc4)CC3)no2)cc1OC. The first-order valence-electron chi connectivity index (χ1n) is 10.3. The molecule has 0 unspecified atom stereocenters. The van der Waals surface area contributed by atoms with Gasteiger partial charge in [0.1, 0.15) is 0 Å². The molecule has 0 bridgehead atoms. The second-order valence-electron chi connectivity index (χ2n) is 7.87. The molecule has 0 radical (unpaired) electrons. The summed E-state index contributed by atoms with van der Waals surface area (Å²) in [5.74, 6) is 0.661. The molecule has 11 heteroatoms. The summed E-state index contributed by atoms with van der Waals surface area (Å²) in [5, 5.41) is 6.94. The number of nitrogens with zero attached hydrogens (tertiary/aromatic N) is 1. The molecule has 0 spiro atoms. The van der Waals surface area contributed by atoms with E-state index in [4.69, 9.17) is 14.0 Å². The highest BCUT2D eigenvalue weighted by Gasteiger charge is 2.53. The van der Waals surface area contributed by atoms with E-state index < -0.39 is 21.3 Å². The number of hydrogen-bond donors (Lipinski definition) is 2. The Morgan fingerprint density at radius 1 is 1.00 bits per heavy atom. The van der Waals surface area contributed by atoms with Gasteiger partial charge in [-0.05, 0) is 55.3 Å². The summed E-state index contributed by atoms with van der Waals surface area (Å²) in [6.07, 6.45) is 1.21. The number of amides is 2. The number of ether oxygens (including phenoxy) is 2. The van der Waals surface area contributed by atoms with Crippen LogP contribution in [0.15, 0.2) is 57.9 Å². The van der Waals surface area contributed by atoms with Gasteiger partial charge in [0.15, 0.2) is 17.3 Å². The minimum Gasteiger partial charge on any atom is -0.493 e. The third-order valence-electron chi connectivity index (χ3n) is 5.55. The average molecular weight is 486 g/mol. The van der Waals surface area contributed by atoms with E-state index in [0.717, 1.165) is 12.5 Å². The zero-order valence-corrected chi connectivity index (χ0v) is 19.6. The fourth-order valence-corrected chi connectivity index (χ4v) is 4.56. The Balaban J connectivity index is 1.50. The van der Waals surface area contributed by atoms with Crippen LogP contribution in [0.3, 0.4) is 0 Å². The quantitative estimate of drug-likeness (QED) is 0.497. The monoisotopic (exact) mass is 485 g/mol. The summed E-state index contributed by atoms with van der Waals surface area (Å²) in [6.45, 7) is 1.11. The molecule has 2 amide bonds. The van der Waals surface area contributed by atoms with E-state index >= 15 is 0 Å². The first-order chi connectivity index (χ1) is 16.2. The smallest absolute Gasteiger partial charge is 0.264 e. The highest BCUT2D eigenvalue weighted by atomic mass is 32.2. The lowest BCUT2D eigenvalue weighted by molar-refractivity contribution is -0.119. The minimum absolute atomic E-state index is 0.0853. The number of benzene rings is 2. The Morgan fingerprint density at radius 2 is 1.68 bits per heavy atom. The maximum atomic E-state index is 13.0. The van der Waals surface area contributed by atoms with E-state index in [-0.39, 0.29) is 10.8 Å². The van der Waals surface area contributed by atoms with Crippen molar-refractivity contribution in [2.45, 2.75) is 30.1 Å². The zero-order valence-electron chi connectivity index (χ0n) is 18.7. The van der Waals surface area contributed by atoms with Crippen molar-refractivity contribution in [3.05, 3.63) is 54.2 Å². The molecule has 1 aromatic heterocycles. The topological polar surface area (TPSA) is 137 Å². The molecule has 2 aromatic carbocycles. The van der Waals surface area contributed by atoms with Gasteiger partial charge in [-0.25, -0.2) is 13.1 Å². The first-order valence-corrected chi connectivity index (χ1v) is 11.8. The largest absolute Gasteiger partial charge is 0.493 e. The molecule has 1 heterocycles. The lowest BCUT2D eigenvalue weighted by Crippen LogP contribution is -2.29. The molecule has 1 fully saturated rings. The fraction of sp³-hybridized carbons (Fsp3) is 0.261. The number of aromatic nitrogens is 1. The summed E-state index contributed by atoms with van der Waals surface area (Å²) >= 11 is 0. The van der Waals surface area contributed by atoms with Crippen molar-refractivity contribution in [2.24, 2.45) is 0 Å². The fourth-order valence-electron chi connectivity index (χ4n) is 3.57. The van der Waals surface area contributed by atoms with Gasteiger partial charge in [-0.3, -0.25) is 9.59 Å². The number of nitrogens with one attached hydrogen (secondary N) is 2. The van der Waals surface area contributed by atoms with Crippen molar-refractivity contribution in [2.75, 3.05) is 19.5 Å². The van der Waals surface area contributed by atoms with Gasteiger partial charge in [0, 0.05) is 24.2 Å². The molecular formula is C23H23N3O7S. The zero-order chi connectivity index (χ0) is 24.5. The van der Waals surface area contributed by atoms with Gasteiger partial charge in [0.05, 0.1) is 30.2 Å². The standard InChI is InChI=1S/C23H23N3O7S/c1-14(27)26-34(29,30)17-7-5-16(6-8-17)24-22(28)23(10-11-23)21-13-19(33-25-21)15-4-9-18(31-2)20(12-15)32-3/h4-9,12-13H,10-11H2,1-3H3,(H,24,28)(H,26,27). The van der Waals surface area contributed by atoms with Crippen LogP contribution >= 0.6 is 0 Å². The van der Waals surface area contributed by atoms with Crippen LogP contribution in [0.25, 0.3) is 11.3 Å². The maximum absolute atomic E-state index is 13.0. The number of rotatable bonds is 8. The molecule has 1 aliphatic carbocycles. The average Bonchev–Trinajstić information content (AvgIpc) is 3.47. The normalized spacial score (nSPS) is 14.2. The third kappa shape index (κ3) is 4.46. The summed E-state index contributed by atoms with van der Waals surface area (Å²) in [4.78, 5) is 24.0. The summed E-state index contributed by atoms with van der Waals surface area (Å²) in [7, 11) is -0.857. The molecule has 3 aromatic rings. The van der Waals surface area contributed by atoms with E-state index in [1.807, 2.05) is 10.8 Å². The van der Waals surface area contributed by atoms with Gasteiger partial charge in [-0.2, -0.15) is 0 Å². The van der Waals surface area contributed by atoms with Crippen molar-refractivity contribution in [1.82, 2.24) is 9.88 Å². The van der Waals surface area contributed by atoms with Gasteiger partial charge < -0.3 is 19.3 Å². The molecule has 4 rings (SSSR count). The number of hydrogen-bond acceptors (Lipinski definition) is 8. The maximum Gasteiger partial charge on any atom is 0.264 e. The Morgan fingerprint density at radius 3 is 2.26 bits per heavy atom. The van der Waals surface area contributed by atoms with Crippen LogP contribution in [0.5, 0.6) is 11.5 Å². The van der Waals surface area contributed by atoms with E-state index in [0.29, 0.717) is 41.5 Å². The Labute approximate surface area is 196 Å². The summed E-state index contributed by atoms with van der Waals surface area (Å²) in [5.41, 5.74) is 0.837. The molecule has 178 valence electrons. The molecular weight excluding hydrogens is 462 g/mol. The second kappa shape index (κ2) is 8.82. The van der Waals surface area contributed by atoms with Crippen molar-refractivity contribution in [3.63, 3.8) is 0 Å². The Kier molecular flexibility index (Phi) is 6.05. The summed E-state index contributed by atoms with van der Waals surface area (Å²) < 4.78 is 42.1. The van der Waals surface area contributed by atoms with Crippen LogP contribution < -0.4 is 19.5 Å². The molecule has 0 atom stereocenters. The number of carbonyl (C=O) groups excluding carboxylic acids is 2. The first kappa shape index (κ1) is 23.3. The third-order valence-corrected chi connectivity index (χ3v) is 7.00. The number of sulfonamides is 1. The summed E-state index contributed by atoms with van der Waals surface area (Å²) in [6, 6.07) is 12.6. The number of anilines is 1. The van der Waals surface area contributed by atoms with Crippen molar-refractivity contribution >= 4 is 27.5 Å². The lowest BCUT2D eigenvalue weighted by atomic mass is 10.00. The highest BCUT2D eigenvalue weighted by molar-refractivity contribution is 7.90. The predicted molar refractivity (Wildman–Crippen MR) is 122 cm³/mol. The Bertz CT molecular complexity index is 1340. The second-order valence-corrected chi connectivity index (χ2v) is 9.55. The molecule has 1 saturated carbocycles. The molecule has 10 nitrogen and oxygen atoms in total. The van der Waals surface area contributed by atoms with Crippen LogP contribution in [0.1, 0.15) is 25.5 Å². The number of carbonyl (C=O) groups is 2. The molecule has 1 aliphatic rings. The van der Waals surface area contributed by atoms with Crippen LogP contribution in [-0.4, -0.2) is 39.6 Å². The van der Waals surface area contributed by atoms with E-state index in [1.54, 1.807) is 32.4 Å². The van der Waals surface area contributed by atoms with E-state index in [2.05, 4.69) is 10.5 Å². The van der Waals surface area contributed by atoms with E-state index in [1.165, 1.54) is 24.3 Å². The van der Waals surface area contributed by atoms with Gasteiger partial charge in [0.2, 0.25) is 11.8 Å². The van der Waals surface area contributed by atoms with Crippen LogP contribution in [-0.2, 0) is 25.0 Å². The van der Waals surface area contributed by atoms with Gasteiger partial charge in [-0.1, -0.05) is 5.16 Å². The van der Waals surface area contributed by atoms with Crippen LogP contribution in [0, 0.1) is 0 Å². The highest BCUT2D eigenvalue weighted by Crippen LogP contribution is 2.49. The molecule has 34 heavy (non-hydrogen) atoms. The minimum atomic E-state index is -3.95. The molecule has 0 saturated heterocycles. The van der Waals surface area contributed by atoms with E-state index in [9.17, 15) is 18.0 Å². The molecule has 0 aliphatic heterocycles. The van der Waals surface area contributed by atoms with Gasteiger partial charge in [0.25, 0.3) is 10.0 Å². The van der Waals surface area contributed by atoms with Crippen molar-refractivity contribution in [3.8, 4) is 22.8 Å². The predicted octanol–water partition coefficient (Wildman–Crippen LogP) is 2.85. The van der Waals surface area contributed by atoms with Crippen LogP contribution in [0.2, 0.25) is 0 Å². The Hall–Kier alpha value is -3.86. The molecule has 2 N–H and O–H groups in total. The van der Waals surface area contributed by atoms with Crippen LogP contribution in [0.4, 0.5) is 5.69 Å². The number of methoxy groups -OCH3 is 2.